The summed E-state index contributed by atoms with van der Waals surface area (Å²) in [4.78, 5) is 45.0. The number of aliphatic hydroxyl groups excluding tert-OH is 1. The van der Waals surface area contributed by atoms with Crippen molar-refractivity contribution in [3.05, 3.63) is 60.3 Å². The number of nitrogens with zero attached hydrogens (tertiary/aromatic N) is 1. The van der Waals surface area contributed by atoms with Crippen LogP contribution in [0.2, 0.25) is 0 Å². The van der Waals surface area contributed by atoms with Crippen molar-refractivity contribution in [1.29, 1.82) is 5.26 Å². The number of nitriles is 1. The molecular formula is C25H33NO8. The maximum atomic E-state index is 11.8. The minimum Gasteiger partial charge on any atom is -0.462 e. The van der Waals surface area contributed by atoms with Crippen LogP contribution in [0.15, 0.2) is 60.3 Å². The van der Waals surface area contributed by atoms with Crippen LogP contribution in [0.4, 0.5) is 0 Å². The molecule has 0 amide bonds. The van der Waals surface area contributed by atoms with Crippen LogP contribution in [-0.4, -0.2) is 48.8 Å². The average molecular weight is 476 g/mol. The smallest absolute Gasteiger partial charge is 0.340 e. The maximum Gasteiger partial charge on any atom is 0.340 e. The molecule has 0 aromatic heterocycles. The lowest BCUT2D eigenvalue weighted by Crippen LogP contribution is -2.10. The fourth-order valence-corrected chi connectivity index (χ4v) is 1.66. The first-order chi connectivity index (χ1) is 16.1. The monoisotopic (exact) mass is 475 g/mol. The van der Waals surface area contributed by atoms with Crippen molar-refractivity contribution >= 4 is 23.9 Å². The van der Waals surface area contributed by atoms with Crippen LogP contribution in [0.3, 0.4) is 0 Å². The number of unbranched alkanes of at least 4 members (excludes halogenated alkanes) is 2. The lowest BCUT2D eigenvalue weighted by atomic mass is 10.2. The molecular weight excluding hydrogens is 442 g/mol. The lowest BCUT2D eigenvalue weighted by molar-refractivity contribution is -0.153. The normalized spacial score (nSPS) is 10.6. The van der Waals surface area contributed by atoms with Gasteiger partial charge in [-0.15, -0.1) is 0 Å². The van der Waals surface area contributed by atoms with Gasteiger partial charge in [-0.1, -0.05) is 32.6 Å². The van der Waals surface area contributed by atoms with Crippen LogP contribution < -0.4 is 0 Å². The third kappa shape index (κ3) is 19.0. The van der Waals surface area contributed by atoms with Gasteiger partial charge in [0.25, 0.3) is 0 Å². The summed E-state index contributed by atoms with van der Waals surface area (Å²) in [7, 11) is 0. The molecule has 0 radical (unpaired) electrons. The molecule has 0 saturated heterocycles. The van der Waals surface area contributed by atoms with Crippen LogP contribution in [0.1, 0.15) is 46.5 Å². The van der Waals surface area contributed by atoms with Crippen molar-refractivity contribution in [3.8, 4) is 6.07 Å². The van der Waals surface area contributed by atoms with E-state index in [4.69, 9.17) is 19.8 Å². The molecule has 9 heteroatoms. The molecule has 0 heterocycles. The zero-order chi connectivity index (χ0) is 26.4. The predicted octanol–water partition coefficient (Wildman–Crippen LogP) is 3.42. The Morgan fingerprint density at radius 3 is 2.03 bits per heavy atom. The summed E-state index contributed by atoms with van der Waals surface area (Å²) in [5.74, 6) is -2.69. The first-order valence-electron chi connectivity index (χ1n) is 10.6. The van der Waals surface area contributed by atoms with Crippen molar-refractivity contribution in [2.24, 2.45) is 0 Å². The molecule has 0 atom stereocenters. The first kappa shape index (κ1) is 32.4. The second kappa shape index (κ2) is 21.1. The fourth-order valence-electron chi connectivity index (χ4n) is 1.66. The summed E-state index contributed by atoms with van der Waals surface area (Å²) in [5.41, 5.74) is 0.603. The van der Waals surface area contributed by atoms with Crippen molar-refractivity contribution in [2.75, 3.05) is 19.8 Å². The highest BCUT2D eigenvalue weighted by atomic mass is 16.6. The highest BCUT2D eigenvalue weighted by molar-refractivity contribution is 5.99. The van der Waals surface area contributed by atoms with Gasteiger partial charge in [-0.05, 0) is 45.3 Å². The number of hydrogen-bond donors (Lipinski definition) is 1. The van der Waals surface area contributed by atoms with E-state index < -0.39 is 17.9 Å². The molecule has 0 aliphatic carbocycles. The molecule has 0 unspecified atom stereocenters. The number of esters is 4. The topological polar surface area (TPSA) is 140 Å². The molecule has 0 saturated carbocycles. The molecule has 0 aromatic carbocycles. The Balaban J connectivity index is 0. The molecule has 0 aliphatic heterocycles. The van der Waals surface area contributed by atoms with Crippen molar-refractivity contribution in [3.63, 3.8) is 0 Å². The Morgan fingerprint density at radius 2 is 1.50 bits per heavy atom. The van der Waals surface area contributed by atoms with E-state index in [0.29, 0.717) is 25.0 Å². The number of hydrogen-bond acceptors (Lipinski definition) is 9. The molecule has 0 aliphatic rings. The Labute approximate surface area is 200 Å². The Kier molecular flexibility index (Phi) is 20.1. The number of carbonyl (C=O) groups is 4. The molecule has 0 fully saturated rings. The Hall–Kier alpha value is -3.77. The third-order valence-electron chi connectivity index (χ3n) is 3.49. The zero-order valence-corrected chi connectivity index (χ0v) is 20.0. The highest BCUT2D eigenvalue weighted by Gasteiger charge is 2.09. The minimum atomic E-state index is -0.891. The van der Waals surface area contributed by atoms with Crippen molar-refractivity contribution in [2.45, 2.75) is 46.5 Å². The standard InChI is InChI=1S/C17H19NO5.C8H14O3/c1-4-5-12-22-17(21)14(9-7-11-18)8-6-10-15(19)23-16(20)13(2)3;1-7(2)8(10)11-6-4-3-5-9/h6-10H,2,4-5,12H2,1,3H3;9H,1,3-6H2,2H3. The molecule has 186 valence electrons. The Bertz CT molecular complexity index is 843. The number of ether oxygens (including phenoxy) is 3. The quantitative estimate of drug-likeness (QED) is 0.0807. The summed E-state index contributed by atoms with van der Waals surface area (Å²) in [6.45, 7) is 12.5. The van der Waals surface area contributed by atoms with E-state index in [2.05, 4.69) is 17.9 Å². The second-order valence-corrected chi connectivity index (χ2v) is 6.77. The second-order valence-electron chi connectivity index (χ2n) is 6.77. The highest BCUT2D eigenvalue weighted by Crippen LogP contribution is 2.03. The average Bonchev–Trinajstić information content (AvgIpc) is 2.79. The van der Waals surface area contributed by atoms with Crippen LogP contribution in [-0.2, 0) is 33.4 Å². The number of aliphatic hydroxyl groups is 1. The van der Waals surface area contributed by atoms with Crippen LogP contribution in [0, 0.1) is 11.3 Å². The minimum absolute atomic E-state index is 0.0953. The number of allylic oxidation sites excluding steroid dienone is 3. The van der Waals surface area contributed by atoms with Gasteiger partial charge in [-0.25, -0.2) is 19.2 Å². The number of rotatable bonds is 13. The van der Waals surface area contributed by atoms with Gasteiger partial charge >= 0.3 is 23.9 Å². The molecule has 0 bridgehead atoms. The van der Waals surface area contributed by atoms with E-state index in [1.165, 1.54) is 25.2 Å². The maximum absolute atomic E-state index is 11.8. The largest absolute Gasteiger partial charge is 0.462 e. The van der Waals surface area contributed by atoms with Gasteiger partial charge in [0.15, 0.2) is 0 Å². The summed E-state index contributed by atoms with van der Waals surface area (Å²) in [5, 5.41) is 16.9. The van der Waals surface area contributed by atoms with Gasteiger partial charge in [0, 0.05) is 29.9 Å². The van der Waals surface area contributed by atoms with Crippen molar-refractivity contribution < 1.29 is 38.5 Å². The van der Waals surface area contributed by atoms with E-state index in [9.17, 15) is 19.2 Å². The van der Waals surface area contributed by atoms with Crippen LogP contribution in [0.25, 0.3) is 0 Å². The molecule has 0 spiro atoms. The van der Waals surface area contributed by atoms with E-state index in [0.717, 1.165) is 25.0 Å². The van der Waals surface area contributed by atoms with E-state index in [1.54, 1.807) is 13.0 Å². The van der Waals surface area contributed by atoms with Gasteiger partial charge < -0.3 is 19.3 Å². The summed E-state index contributed by atoms with van der Waals surface area (Å²) in [6.07, 6.45) is 8.85. The first-order valence-corrected chi connectivity index (χ1v) is 10.6. The SMILES string of the molecule is C=C(C)C(=O)OC(=O)C=CC=C(C=CC#N)C(=O)OCCCC.C=C(C)C(=O)OCCCCO. The van der Waals surface area contributed by atoms with Gasteiger partial charge in [-0.3, -0.25) is 0 Å². The van der Waals surface area contributed by atoms with Crippen molar-refractivity contribution in [1.82, 2.24) is 0 Å². The van der Waals surface area contributed by atoms with Crippen LogP contribution in [0.5, 0.6) is 0 Å². The van der Waals surface area contributed by atoms with Gasteiger partial charge in [0.05, 0.1) is 24.9 Å². The van der Waals surface area contributed by atoms with E-state index in [-0.39, 0.29) is 30.3 Å². The van der Waals surface area contributed by atoms with Gasteiger partial charge in [-0.2, -0.15) is 5.26 Å². The van der Waals surface area contributed by atoms with Crippen LogP contribution >= 0.6 is 0 Å². The van der Waals surface area contributed by atoms with Gasteiger partial charge in [0.2, 0.25) is 0 Å². The summed E-state index contributed by atoms with van der Waals surface area (Å²) >= 11 is 0. The summed E-state index contributed by atoms with van der Waals surface area (Å²) in [6, 6.07) is 1.76. The van der Waals surface area contributed by atoms with E-state index >= 15 is 0 Å². The zero-order valence-electron chi connectivity index (χ0n) is 20.0. The molecule has 9 nitrogen and oxygen atoms in total. The molecule has 1 N–H and O–H groups in total. The molecule has 0 aromatic rings. The molecule has 34 heavy (non-hydrogen) atoms. The van der Waals surface area contributed by atoms with Gasteiger partial charge in [0.1, 0.15) is 0 Å². The molecule has 0 rings (SSSR count). The number of carbonyl (C=O) groups excluding carboxylic acids is 4. The fraction of sp³-hybridized carbons (Fsp3) is 0.400. The summed E-state index contributed by atoms with van der Waals surface area (Å²) < 4.78 is 14.2. The third-order valence-corrected chi connectivity index (χ3v) is 3.49. The van der Waals surface area contributed by atoms with E-state index in [1.807, 2.05) is 6.92 Å². The Morgan fingerprint density at radius 1 is 0.912 bits per heavy atom. The predicted molar refractivity (Wildman–Crippen MR) is 126 cm³/mol. The lowest BCUT2D eigenvalue weighted by Gasteiger charge is -2.03.